The Morgan fingerprint density at radius 1 is 1.28 bits per heavy atom. The van der Waals surface area contributed by atoms with E-state index in [9.17, 15) is 0 Å². The molecule has 0 atom stereocenters. The minimum absolute atomic E-state index is 0.499. The molecule has 0 amide bonds. The second-order valence-electron chi connectivity index (χ2n) is 6.64. The Kier molecular flexibility index (Phi) is 4.79. The standard InChI is InChI=1S/C15H26N2S/c1-15(2,3)13-6-4-12(5-7-13)10-16-11-14-17-8-9-18-14/h8-9,12-13,16H,4-7,10-11H2,1-3H3. The molecule has 1 N–H and O–H groups in total. The minimum atomic E-state index is 0.499. The number of nitrogens with one attached hydrogen (secondary N) is 1. The van der Waals surface area contributed by atoms with Crippen molar-refractivity contribution in [2.45, 2.75) is 53.0 Å². The van der Waals surface area contributed by atoms with Crippen LogP contribution in [0.25, 0.3) is 0 Å². The molecular formula is C15H26N2S. The van der Waals surface area contributed by atoms with E-state index in [1.807, 2.05) is 11.6 Å². The number of rotatable bonds is 4. The molecule has 0 unspecified atom stereocenters. The zero-order valence-corrected chi connectivity index (χ0v) is 12.7. The maximum Gasteiger partial charge on any atom is 0.106 e. The summed E-state index contributed by atoms with van der Waals surface area (Å²) in [5.41, 5.74) is 0.499. The van der Waals surface area contributed by atoms with Gasteiger partial charge in [0, 0.05) is 18.1 Å². The van der Waals surface area contributed by atoms with Crippen molar-refractivity contribution in [1.82, 2.24) is 10.3 Å². The Hall–Kier alpha value is -0.410. The van der Waals surface area contributed by atoms with Crippen LogP contribution in [0.3, 0.4) is 0 Å². The molecule has 0 bridgehead atoms. The summed E-state index contributed by atoms with van der Waals surface area (Å²) in [6.07, 6.45) is 7.50. The summed E-state index contributed by atoms with van der Waals surface area (Å²) in [6, 6.07) is 0. The third-order valence-electron chi connectivity index (χ3n) is 4.26. The summed E-state index contributed by atoms with van der Waals surface area (Å²) in [5.74, 6) is 1.80. The van der Waals surface area contributed by atoms with Gasteiger partial charge in [-0.1, -0.05) is 20.8 Å². The van der Waals surface area contributed by atoms with Crippen molar-refractivity contribution in [3.8, 4) is 0 Å². The third kappa shape index (κ3) is 4.06. The summed E-state index contributed by atoms with van der Waals surface area (Å²) in [4.78, 5) is 4.30. The monoisotopic (exact) mass is 266 g/mol. The Morgan fingerprint density at radius 2 is 2.00 bits per heavy atom. The largest absolute Gasteiger partial charge is 0.310 e. The van der Waals surface area contributed by atoms with E-state index in [2.05, 4.69) is 31.1 Å². The van der Waals surface area contributed by atoms with Crippen LogP contribution >= 0.6 is 11.3 Å². The molecule has 0 aliphatic heterocycles. The first-order valence-corrected chi connectivity index (χ1v) is 8.03. The fourth-order valence-corrected chi connectivity index (χ4v) is 3.54. The van der Waals surface area contributed by atoms with Gasteiger partial charge in [-0.05, 0) is 49.5 Å². The van der Waals surface area contributed by atoms with Crippen LogP contribution in [0.1, 0.15) is 51.5 Å². The molecule has 2 nitrogen and oxygen atoms in total. The van der Waals surface area contributed by atoms with Crippen LogP contribution in [0.2, 0.25) is 0 Å². The van der Waals surface area contributed by atoms with E-state index < -0.39 is 0 Å². The third-order valence-corrected chi connectivity index (χ3v) is 5.04. The number of hydrogen-bond donors (Lipinski definition) is 1. The Morgan fingerprint density at radius 3 is 2.56 bits per heavy atom. The topological polar surface area (TPSA) is 24.9 Å². The highest BCUT2D eigenvalue weighted by atomic mass is 32.1. The Bertz CT molecular complexity index is 332. The molecule has 18 heavy (non-hydrogen) atoms. The highest BCUT2D eigenvalue weighted by Gasteiger charge is 2.29. The van der Waals surface area contributed by atoms with Crippen molar-refractivity contribution < 1.29 is 0 Å². The number of thiazole rings is 1. The van der Waals surface area contributed by atoms with E-state index in [1.54, 1.807) is 11.3 Å². The number of nitrogens with zero attached hydrogens (tertiary/aromatic N) is 1. The smallest absolute Gasteiger partial charge is 0.106 e. The van der Waals surface area contributed by atoms with Gasteiger partial charge in [0.1, 0.15) is 5.01 Å². The molecule has 0 spiro atoms. The summed E-state index contributed by atoms with van der Waals surface area (Å²) in [7, 11) is 0. The summed E-state index contributed by atoms with van der Waals surface area (Å²) in [5, 5.41) is 6.81. The van der Waals surface area contributed by atoms with Gasteiger partial charge in [0.25, 0.3) is 0 Å². The molecule has 1 fully saturated rings. The summed E-state index contributed by atoms with van der Waals surface area (Å²) >= 11 is 1.74. The fraction of sp³-hybridized carbons (Fsp3) is 0.800. The first kappa shape index (κ1) is 14.0. The van der Waals surface area contributed by atoms with Gasteiger partial charge in [0.2, 0.25) is 0 Å². The maximum atomic E-state index is 4.30. The molecule has 1 aliphatic rings. The second-order valence-corrected chi connectivity index (χ2v) is 7.62. The van der Waals surface area contributed by atoms with E-state index >= 15 is 0 Å². The lowest BCUT2D eigenvalue weighted by Gasteiger charge is -2.37. The highest BCUT2D eigenvalue weighted by Crippen LogP contribution is 2.39. The van der Waals surface area contributed by atoms with Gasteiger partial charge in [-0.3, -0.25) is 0 Å². The molecule has 1 saturated carbocycles. The highest BCUT2D eigenvalue weighted by molar-refractivity contribution is 7.09. The van der Waals surface area contributed by atoms with Crippen LogP contribution in [0.15, 0.2) is 11.6 Å². The normalized spacial score (nSPS) is 25.3. The quantitative estimate of drug-likeness (QED) is 0.888. The molecule has 0 saturated heterocycles. The molecule has 0 aromatic carbocycles. The van der Waals surface area contributed by atoms with Gasteiger partial charge in [0.15, 0.2) is 0 Å². The van der Waals surface area contributed by atoms with Crippen LogP contribution < -0.4 is 5.32 Å². The van der Waals surface area contributed by atoms with Gasteiger partial charge >= 0.3 is 0 Å². The lowest BCUT2D eigenvalue weighted by molar-refractivity contribution is 0.149. The molecule has 0 radical (unpaired) electrons. The summed E-state index contributed by atoms with van der Waals surface area (Å²) < 4.78 is 0. The van der Waals surface area contributed by atoms with Crippen molar-refractivity contribution >= 4 is 11.3 Å². The van der Waals surface area contributed by atoms with E-state index in [0.29, 0.717) is 5.41 Å². The zero-order chi connectivity index (χ0) is 13.0. The minimum Gasteiger partial charge on any atom is -0.310 e. The lowest BCUT2D eigenvalue weighted by atomic mass is 9.70. The van der Waals surface area contributed by atoms with Gasteiger partial charge in [-0.2, -0.15) is 0 Å². The van der Waals surface area contributed by atoms with Crippen molar-refractivity contribution in [3.63, 3.8) is 0 Å². The van der Waals surface area contributed by atoms with Crippen molar-refractivity contribution in [2.75, 3.05) is 6.54 Å². The van der Waals surface area contributed by atoms with Crippen molar-refractivity contribution in [1.29, 1.82) is 0 Å². The molecule has 1 aliphatic carbocycles. The molecular weight excluding hydrogens is 240 g/mol. The molecule has 3 heteroatoms. The van der Waals surface area contributed by atoms with Crippen LogP contribution in [0.5, 0.6) is 0 Å². The SMILES string of the molecule is CC(C)(C)C1CCC(CNCc2nccs2)CC1. The fourth-order valence-electron chi connectivity index (χ4n) is 2.96. The van der Waals surface area contributed by atoms with Crippen molar-refractivity contribution in [3.05, 3.63) is 16.6 Å². The maximum absolute atomic E-state index is 4.30. The molecule has 1 aromatic heterocycles. The van der Waals surface area contributed by atoms with Gasteiger partial charge < -0.3 is 5.32 Å². The van der Waals surface area contributed by atoms with Crippen LogP contribution in [-0.2, 0) is 6.54 Å². The van der Waals surface area contributed by atoms with Gasteiger partial charge in [0.05, 0.1) is 0 Å². The molecule has 2 rings (SSSR count). The molecule has 102 valence electrons. The zero-order valence-electron chi connectivity index (χ0n) is 11.9. The second kappa shape index (κ2) is 6.16. The first-order chi connectivity index (χ1) is 8.55. The van der Waals surface area contributed by atoms with Crippen LogP contribution in [-0.4, -0.2) is 11.5 Å². The average molecular weight is 266 g/mol. The van der Waals surface area contributed by atoms with Crippen molar-refractivity contribution in [2.24, 2.45) is 17.3 Å². The van der Waals surface area contributed by atoms with E-state index in [0.717, 1.165) is 24.9 Å². The Labute approximate surface area is 115 Å². The van der Waals surface area contributed by atoms with Crippen LogP contribution in [0.4, 0.5) is 0 Å². The number of hydrogen-bond acceptors (Lipinski definition) is 3. The van der Waals surface area contributed by atoms with Crippen LogP contribution in [0, 0.1) is 17.3 Å². The Balaban J connectivity index is 1.65. The summed E-state index contributed by atoms with van der Waals surface area (Å²) in [6.45, 7) is 9.27. The van der Waals surface area contributed by atoms with E-state index in [-0.39, 0.29) is 0 Å². The molecule has 1 heterocycles. The van der Waals surface area contributed by atoms with E-state index in [1.165, 1.54) is 30.7 Å². The van der Waals surface area contributed by atoms with Gasteiger partial charge in [-0.25, -0.2) is 4.98 Å². The average Bonchev–Trinajstić information content (AvgIpc) is 2.82. The predicted octanol–water partition coefficient (Wildman–Crippen LogP) is 4.09. The molecule has 1 aromatic rings. The van der Waals surface area contributed by atoms with E-state index in [4.69, 9.17) is 0 Å². The number of aromatic nitrogens is 1. The predicted molar refractivity (Wildman–Crippen MR) is 78.7 cm³/mol. The van der Waals surface area contributed by atoms with Gasteiger partial charge in [-0.15, -0.1) is 11.3 Å². The lowest BCUT2D eigenvalue weighted by Crippen LogP contribution is -2.30. The first-order valence-electron chi connectivity index (χ1n) is 7.15.